The van der Waals surface area contributed by atoms with Crippen LogP contribution in [0.5, 0.6) is 0 Å². The van der Waals surface area contributed by atoms with Crippen LogP contribution in [0.4, 0.5) is 4.39 Å². The lowest BCUT2D eigenvalue weighted by Crippen LogP contribution is -2.34. The Morgan fingerprint density at radius 1 is 0.750 bits per heavy atom. The second kappa shape index (κ2) is 9.03. The normalized spacial score (nSPS) is 11.0. The molecule has 0 spiro atoms. The molecule has 0 unspecified atom stereocenters. The summed E-state index contributed by atoms with van der Waals surface area (Å²) in [4.78, 5) is 2.22. The van der Waals surface area contributed by atoms with E-state index in [1.807, 2.05) is 12.1 Å². The topological polar surface area (TPSA) is 3.88 Å². The van der Waals surface area contributed by atoms with Crippen LogP contribution in [0.15, 0.2) is 101 Å². The number of aromatic nitrogens is 1. The highest BCUT2D eigenvalue weighted by Gasteiger charge is 2.12. The van der Waals surface area contributed by atoms with E-state index in [-0.39, 0.29) is 5.82 Å². The number of hydrogen-bond acceptors (Lipinski definition) is 1. The molecule has 3 heteroatoms. The van der Waals surface area contributed by atoms with Gasteiger partial charge in [-0.3, -0.25) is 0 Å². The lowest BCUT2D eigenvalue weighted by molar-refractivity contribution is -0.673. The maximum Gasteiger partial charge on any atom is 0.212 e. The molecule has 0 amide bonds. The van der Waals surface area contributed by atoms with Gasteiger partial charge in [0.1, 0.15) is 12.4 Å². The molecular formula is C25H23FNS+. The summed E-state index contributed by atoms with van der Waals surface area (Å²) in [5.41, 5.74) is 2.66. The molecule has 0 atom stereocenters. The third-order valence-corrected chi connectivity index (χ3v) is 5.80. The molecule has 0 saturated carbocycles. The Kier molecular flexibility index (Phi) is 6.03. The van der Waals surface area contributed by atoms with Crippen LogP contribution >= 0.6 is 11.8 Å². The molecule has 0 radical (unpaired) electrons. The van der Waals surface area contributed by atoms with Crippen molar-refractivity contribution in [3.63, 3.8) is 0 Å². The van der Waals surface area contributed by atoms with Crippen molar-refractivity contribution < 1.29 is 8.96 Å². The first-order valence-electron chi connectivity index (χ1n) is 9.67. The smallest absolute Gasteiger partial charge is 0.207 e. The molecule has 0 bridgehead atoms. The minimum atomic E-state index is -0.198. The minimum Gasteiger partial charge on any atom is -0.207 e. The first-order chi connectivity index (χ1) is 13.8. The summed E-state index contributed by atoms with van der Waals surface area (Å²) in [5.74, 6) is -0.198. The Morgan fingerprint density at radius 3 is 2.32 bits per heavy atom. The van der Waals surface area contributed by atoms with Gasteiger partial charge in [0.25, 0.3) is 0 Å². The number of nitrogens with zero attached hydrogens (tertiary/aromatic N) is 1. The summed E-state index contributed by atoms with van der Waals surface area (Å²) >= 11 is 1.67. The van der Waals surface area contributed by atoms with Crippen LogP contribution in [0.1, 0.15) is 18.4 Å². The molecule has 140 valence electrons. The monoisotopic (exact) mass is 388 g/mol. The highest BCUT2D eigenvalue weighted by Crippen LogP contribution is 2.28. The predicted octanol–water partition coefficient (Wildman–Crippen LogP) is 6.44. The zero-order valence-corrected chi connectivity index (χ0v) is 16.5. The van der Waals surface area contributed by atoms with E-state index in [1.165, 1.54) is 39.9 Å². The first-order valence-corrected chi connectivity index (χ1v) is 10.5. The van der Waals surface area contributed by atoms with Crippen molar-refractivity contribution >= 4 is 22.7 Å². The molecule has 1 heterocycles. The van der Waals surface area contributed by atoms with Crippen LogP contribution in [0, 0.1) is 5.82 Å². The molecule has 0 fully saturated rings. The van der Waals surface area contributed by atoms with E-state index in [2.05, 4.69) is 71.4 Å². The molecule has 1 aromatic heterocycles. The van der Waals surface area contributed by atoms with Crippen molar-refractivity contribution in [1.29, 1.82) is 0 Å². The lowest BCUT2D eigenvalue weighted by atomic mass is 10.1. The number of aryl methyl sites for hydroxylation is 2. The van der Waals surface area contributed by atoms with Crippen LogP contribution < -0.4 is 4.57 Å². The minimum absolute atomic E-state index is 0.198. The van der Waals surface area contributed by atoms with Crippen molar-refractivity contribution in [3.8, 4) is 0 Å². The third kappa shape index (κ3) is 4.79. The van der Waals surface area contributed by atoms with Crippen LogP contribution in [-0.2, 0) is 13.0 Å². The Bertz CT molecular complexity index is 1050. The zero-order chi connectivity index (χ0) is 19.2. The number of fused-ring (bicyclic) bond motifs is 1. The van der Waals surface area contributed by atoms with Crippen molar-refractivity contribution in [2.45, 2.75) is 35.6 Å². The summed E-state index contributed by atoms with van der Waals surface area (Å²) in [7, 11) is 0. The summed E-state index contributed by atoms with van der Waals surface area (Å²) in [6.45, 7) is 0.991. The van der Waals surface area contributed by atoms with E-state index in [0.717, 1.165) is 24.3 Å². The number of rotatable bonds is 7. The Hall–Kier alpha value is -2.65. The average Bonchev–Trinajstić information content (AvgIpc) is 2.73. The Morgan fingerprint density at radius 2 is 1.50 bits per heavy atom. The molecular weight excluding hydrogens is 365 g/mol. The molecule has 1 nitrogen and oxygen atoms in total. The molecule has 4 aromatic rings. The van der Waals surface area contributed by atoms with E-state index in [1.54, 1.807) is 11.8 Å². The summed E-state index contributed by atoms with van der Waals surface area (Å²) in [5, 5.41) is 1.23. The zero-order valence-electron chi connectivity index (χ0n) is 15.7. The highest BCUT2D eigenvalue weighted by molar-refractivity contribution is 7.99. The molecule has 4 rings (SSSR count). The third-order valence-electron chi connectivity index (χ3n) is 4.83. The van der Waals surface area contributed by atoms with Gasteiger partial charge in [0.2, 0.25) is 5.52 Å². The number of hydrogen-bond donors (Lipinski definition) is 0. The predicted molar refractivity (Wildman–Crippen MR) is 114 cm³/mol. The molecule has 0 aliphatic heterocycles. The summed E-state index contributed by atoms with van der Waals surface area (Å²) in [6.07, 6.45) is 5.64. The van der Waals surface area contributed by atoms with Gasteiger partial charge in [-0.1, -0.05) is 54.2 Å². The SMILES string of the molecule is Fc1ccc(Sc2cc3ccccc3[n+](CCCCc3ccccc3)c2)cc1. The van der Waals surface area contributed by atoms with E-state index in [4.69, 9.17) is 0 Å². The fraction of sp³-hybridized carbons (Fsp3) is 0.160. The second-order valence-corrected chi connectivity index (χ2v) is 8.07. The summed E-state index contributed by atoms with van der Waals surface area (Å²) in [6, 6.07) is 28.1. The second-order valence-electron chi connectivity index (χ2n) is 6.93. The molecule has 3 aromatic carbocycles. The van der Waals surface area contributed by atoms with Crippen LogP contribution in [0.2, 0.25) is 0 Å². The van der Waals surface area contributed by atoms with Crippen molar-refractivity contribution in [1.82, 2.24) is 0 Å². The number of para-hydroxylation sites is 1. The van der Waals surface area contributed by atoms with Crippen molar-refractivity contribution in [3.05, 3.63) is 103 Å². The largest absolute Gasteiger partial charge is 0.212 e. The number of halogens is 1. The quantitative estimate of drug-likeness (QED) is 0.260. The van der Waals surface area contributed by atoms with Crippen molar-refractivity contribution in [2.24, 2.45) is 0 Å². The molecule has 0 saturated heterocycles. The highest BCUT2D eigenvalue weighted by atomic mass is 32.2. The average molecular weight is 389 g/mol. The van der Waals surface area contributed by atoms with Gasteiger partial charge in [0, 0.05) is 22.8 Å². The maximum absolute atomic E-state index is 13.2. The van der Waals surface area contributed by atoms with Crippen LogP contribution in [0.3, 0.4) is 0 Å². The summed E-state index contributed by atoms with van der Waals surface area (Å²) < 4.78 is 15.5. The van der Waals surface area contributed by atoms with E-state index in [0.29, 0.717) is 0 Å². The van der Waals surface area contributed by atoms with Gasteiger partial charge in [-0.05, 0) is 54.8 Å². The van der Waals surface area contributed by atoms with Gasteiger partial charge < -0.3 is 0 Å². The van der Waals surface area contributed by atoms with Gasteiger partial charge in [-0.2, -0.15) is 4.57 Å². The molecule has 0 N–H and O–H groups in total. The van der Waals surface area contributed by atoms with E-state index >= 15 is 0 Å². The fourth-order valence-electron chi connectivity index (χ4n) is 3.42. The lowest BCUT2D eigenvalue weighted by Gasteiger charge is -2.06. The van der Waals surface area contributed by atoms with Gasteiger partial charge in [-0.25, -0.2) is 4.39 Å². The van der Waals surface area contributed by atoms with Gasteiger partial charge in [-0.15, -0.1) is 0 Å². The van der Waals surface area contributed by atoms with Gasteiger partial charge >= 0.3 is 0 Å². The van der Waals surface area contributed by atoms with E-state index in [9.17, 15) is 4.39 Å². The van der Waals surface area contributed by atoms with Crippen molar-refractivity contribution in [2.75, 3.05) is 0 Å². The first kappa shape index (κ1) is 18.7. The number of pyridine rings is 1. The Labute approximate surface area is 169 Å². The number of benzene rings is 3. The Balaban J connectivity index is 1.50. The molecule has 0 aliphatic carbocycles. The van der Waals surface area contributed by atoms with Crippen LogP contribution in [0.25, 0.3) is 10.9 Å². The molecule has 0 aliphatic rings. The van der Waals surface area contributed by atoms with Gasteiger partial charge in [0.15, 0.2) is 6.20 Å². The fourth-order valence-corrected chi connectivity index (χ4v) is 4.33. The van der Waals surface area contributed by atoms with Crippen LogP contribution in [-0.4, -0.2) is 0 Å². The molecule has 28 heavy (non-hydrogen) atoms. The maximum atomic E-state index is 13.2. The standard InChI is InChI=1S/C25H23FNS/c26-22-13-15-23(16-14-22)28-24-18-21-11-4-5-12-25(21)27(19-24)17-7-6-10-20-8-2-1-3-9-20/h1-5,8-9,11-16,18-19H,6-7,10,17H2/q+1. The van der Waals surface area contributed by atoms with Gasteiger partial charge in [0.05, 0.1) is 4.90 Å². The van der Waals surface area contributed by atoms with E-state index < -0.39 is 0 Å². The number of unbranched alkanes of at least 4 members (excludes halogenated alkanes) is 1.